The molecule has 3 rings (SSSR count). The zero-order valence-electron chi connectivity index (χ0n) is 16.6. The summed E-state index contributed by atoms with van der Waals surface area (Å²) in [5.74, 6) is 0.0967. The van der Waals surface area contributed by atoms with Crippen molar-refractivity contribution in [3.63, 3.8) is 0 Å². The molecule has 7 nitrogen and oxygen atoms in total. The maximum atomic E-state index is 11.9. The van der Waals surface area contributed by atoms with Crippen molar-refractivity contribution >= 4 is 23.9 Å². The van der Waals surface area contributed by atoms with Gasteiger partial charge in [0.05, 0.1) is 12.3 Å². The topological polar surface area (TPSA) is 81.9 Å². The highest BCUT2D eigenvalue weighted by atomic mass is 32.2. The third kappa shape index (κ3) is 4.33. The van der Waals surface area contributed by atoms with Crippen molar-refractivity contribution in [1.29, 1.82) is 0 Å². The van der Waals surface area contributed by atoms with E-state index in [0.717, 1.165) is 17.0 Å². The van der Waals surface area contributed by atoms with E-state index >= 15 is 0 Å². The van der Waals surface area contributed by atoms with Crippen LogP contribution in [0.2, 0.25) is 0 Å². The SMILES string of the molecule is CCOC(=O)c1cc(SNc2nc(C)cc(-c3c(C)cccc3C)n2)nn1C. The Morgan fingerprint density at radius 2 is 1.89 bits per heavy atom. The molecule has 3 aromatic rings. The smallest absolute Gasteiger partial charge is 0.356 e. The van der Waals surface area contributed by atoms with Gasteiger partial charge in [0.2, 0.25) is 5.95 Å². The lowest BCUT2D eigenvalue weighted by Crippen LogP contribution is -2.10. The van der Waals surface area contributed by atoms with Gasteiger partial charge in [-0.3, -0.25) is 9.40 Å². The molecule has 0 amide bonds. The fraction of sp³-hybridized carbons (Fsp3) is 0.300. The van der Waals surface area contributed by atoms with Gasteiger partial charge in [0.25, 0.3) is 0 Å². The average Bonchev–Trinajstić information content (AvgIpc) is 3.00. The summed E-state index contributed by atoms with van der Waals surface area (Å²) in [5.41, 5.74) is 5.58. The third-order valence-corrected chi connectivity index (χ3v) is 4.87. The van der Waals surface area contributed by atoms with Gasteiger partial charge in [-0.1, -0.05) is 18.2 Å². The minimum atomic E-state index is -0.395. The summed E-state index contributed by atoms with van der Waals surface area (Å²) in [6.07, 6.45) is 0. The lowest BCUT2D eigenvalue weighted by atomic mass is 9.99. The molecule has 0 fully saturated rings. The van der Waals surface area contributed by atoms with Crippen LogP contribution in [0.5, 0.6) is 0 Å². The van der Waals surface area contributed by atoms with E-state index in [1.54, 1.807) is 20.0 Å². The Balaban J connectivity index is 1.82. The van der Waals surface area contributed by atoms with E-state index in [9.17, 15) is 4.79 Å². The first-order valence-corrected chi connectivity index (χ1v) is 9.77. The molecule has 2 aromatic heterocycles. The normalized spacial score (nSPS) is 10.8. The van der Waals surface area contributed by atoms with E-state index in [4.69, 9.17) is 4.74 Å². The predicted octanol–water partition coefficient (Wildman–Crippen LogP) is 4.10. The van der Waals surface area contributed by atoms with Crippen molar-refractivity contribution in [2.75, 3.05) is 11.3 Å². The minimum Gasteiger partial charge on any atom is -0.461 e. The second-order valence-electron chi connectivity index (χ2n) is 6.40. The second kappa shape index (κ2) is 8.43. The Bertz CT molecular complexity index is 996. The molecule has 146 valence electrons. The summed E-state index contributed by atoms with van der Waals surface area (Å²) >= 11 is 1.25. The molecule has 0 aliphatic rings. The molecule has 1 N–H and O–H groups in total. The molecule has 0 bridgehead atoms. The van der Waals surface area contributed by atoms with Crippen LogP contribution in [0.15, 0.2) is 35.4 Å². The number of hydrogen-bond donors (Lipinski definition) is 1. The van der Waals surface area contributed by atoms with Gasteiger partial charge in [0.1, 0.15) is 10.7 Å². The zero-order chi connectivity index (χ0) is 20.3. The standard InChI is InChI=1S/C20H23N5O2S/c1-6-27-19(26)16-11-17(23-25(16)5)28-24-20-21-14(4)10-15(22-20)18-12(2)8-7-9-13(18)3/h7-11H,6H2,1-5H3,(H,21,22,24). The van der Waals surface area contributed by atoms with Crippen molar-refractivity contribution in [1.82, 2.24) is 19.7 Å². The molecule has 0 radical (unpaired) electrons. The summed E-state index contributed by atoms with van der Waals surface area (Å²) in [5, 5.41) is 4.95. The summed E-state index contributed by atoms with van der Waals surface area (Å²) < 4.78 is 9.66. The monoisotopic (exact) mass is 397 g/mol. The molecule has 0 saturated heterocycles. The molecule has 0 saturated carbocycles. The van der Waals surface area contributed by atoms with Gasteiger partial charge in [0, 0.05) is 36.3 Å². The first-order chi connectivity index (χ1) is 13.4. The molecular formula is C20H23N5O2S. The Labute approximate surface area is 168 Å². The predicted molar refractivity (Wildman–Crippen MR) is 110 cm³/mol. The van der Waals surface area contributed by atoms with Crippen molar-refractivity contribution < 1.29 is 9.53 Å². The van der Waals surface area contributed by atoms with E-state index in [-0.39, 0.29) is 0 Å². The molecule has 0 atom stereocenters. The van der Waals surface area contributed by atoms with Crippen LogP contribution >= 0.6 is 11.9 Å². The van der Waals surface area contributed by atoms with Crippen LogP contribution in [0.4, 0.5) is 5.95 Å². The molecule has 0 aliphatic carbocycles. The molecule has 8 heteroatoms. The number of hydrogen-bond acceptors (Lipinski definition) is 7. The summed E-state index contributed by atoms with van der Waals surface area (Å²) in [7, 11) is 1.71. The number of anilines is 1. The number of ether oxygens (including phenoxy) is 1. The Hall–Kier alpha value is -2.87. The number of carbonyl (C=O) groups excluding carboxylic acids is 1. The fourth-order valence-electron chi connectivity index (χ4n) is 2.95. The van der Waals surface area contributed by atoms with Crippen molar-refractivity contribution in [2.24, 2.45) is 7.05 Å². The highest BCUT2D eigenvalue weighted by molar-refractivity contribution is 8.00. The lowest BCUT2D eigenvalue weighted by Gasteiger charge is -2.11. The van der Waals surface area contributed by atoms with E-state index in [0.29, 0.717) is 23.3 Å². The maximum Gasteiger partial charge on any atom is 0.356 e. The highest BCUT2D eigenvalue weighted by Crippen LogP contribution is 2.27. The molecule has 0 aliphatic heterocycles. The van der Waals surface area contributed by atoms with Crippen molar-refractivity contribution in [2.45, 2.75) is 32.7 Å². The van der Waals surface area contributed by atoms with Gasteiger partial charge in [-0.15, -0.1) is 0 Å². The zero-order valence-corrected chi connectivity index (χ0v) is 17.4. The summed E-state index contributed by atoms with van der Waals surface area (Å²) in [4.78, 5) is 21.0. The highest BCUT2D eigenvalue weighted by Gasteiger charge is 2.15. The van der Waals surface area contributed by atoms with Crippen LogP contribution in [0.1, 0.15) is 34.2 Å². The lowest BCUT2D eigenvalue weighted by molar-refractivity contribution is 0.0513. The third-order valence-electron chi connectivity index (χ3n) is 4.18. The van der Waals surface area contributed by atoms with E-state index in [1.807, 2.05) is 19.1 Å². The van der Waals surface area contributed by atoms with Crippen LogP contribution in [0, 0.1) is 20.8 Å². The quantitative estimate of drug-likeness (QED) is 0.495. The van der Waals surface area contributed by atoms with E-state index < -0.39 is 5.97 Å². The van der Waals surface area contributed by atoms with E-state index in [2.05, 4.69) is 45.8 Å². The van der Waals surface area contributed by atoms with Crippen LogP contribution < -0.4 is 4.72 Å². The number of esters is 1. The average molecular weight is 398 g/mol. The Morgan fingerprint density at radius 1 is 1.18 bits per heavy atom. The van der Waals surface area contributed by atoms with Gasteiger partial charge in [-0.25, -0.2) is 14.8 Å². The number of nitrogens with zero attached hydrogens (tertiary/aromatic N) is 4. The summed E-state index contributed by atoms with van der Waals surface area (Å²) in [6, 6.07) is 9.85. The van der Waals surface area contributed by atoms with Gasteiger partial charge in [0.15, 0.2) is 0 Å². The molecular weight excluding hydrogens is 374 g/mol. The van der Waals surface area contributed by atoms with Crippen LogP contribution in [-0.2, 0) is 11.8 Å². The number of benzene rings is 1. The van der Waals surface area contributed by atoms with Gasteiger partial charge in [-0.2, -0.15) is 5.10 Å². The van der Waals surface area contributed by atoms with Gasteiger partial charge < -0.3 is 4.74 Å². The summed E-state index contributed by atoms with van der Waals surface area (Å²) in [6.45, 7) is 8.18. The molecule has 28 heavy (non-hydrogen) atoms. The van der Waals surface area contributed by atoms with Crippen molar-refractivity contribution in [3.05, 3.63) is 52.8 Å². The number of nitrogens with one attached hydrogen (secondary N) is 1. The minimum absolute atomic E-state index is 0.322. The first kappa shape index (κ1) is 19.9. The largest absolute Gasteiger partial charge is 0.461 e. The van der Waals surface area contributed by atoms with Crippen LogP contribution in [0.3, 0.4) is 0 Å². The molecule has 0 spiro atoms. The fourth-order valence-corrected chi connectivity index (χ4v) is 3.57. The maximum absolute atomic E-state index is 11.9. The van der Waals surface area contributed by atoms with Crippen LogP contribution in [-0.4, -0.2) is 32.3 Å². The number of aromatic nitrogens is 4. The second-order valence-corrected chi connectivity index (χ2v) is 7.23. The van der Waals surface area contributed by atoms with Crippen LogP contribution in [0.25, 0.3) is 11.3 Å². The van der Waals surface area contributed by atoms with E-state index in [1.165, 1.54) is 27.8 Å². The molecule has 0 unspecified atom stereocenters. The van der Waals surface area contributed by atoms with Crippen molar-refractivity contribution in [3.8, 4) is 11.3 Å². The number of rotatable bonds is 6. The van der Waals surface area contributed by atoms with Gasteiger partial charge >= 0.3 is 5.97 Å². The van der Waals surface area contributed by atoms with Gasteiger partial charge in [-0.05, 0) is 44.9 Å². The molecule has 2 heterocycles. The Morgan fingerprint density at radius 3 is 2.57 bits per heavy atom. The number of aryl methyl sites for hydroxylation is 4. The Kier molecular flexibility index (Phi) is 5.99. The molecule has 1 aromatic carbocycles. The number of carbonyl (C=O) groups is 1. The first-order valence-electron chi connectivity index (χ1n) is 8.95.